The van der Waals surface area contributed by atoms with Gasteiger partial charge in [-0.15, -0.1) is 0 Å². The number of halogens is 2. The van der Waals surface area contributed by atoms with Crippen molar-refractivity contribution in [3.8, 4) is 0 Å². The summed E-state index contributed by atoms with van der Waals surface area (Å²) in [6.45, 7) is 0. The Labute approximate surface area is 153 Å². The summed E-state index contributed by atoms with van der Waals surface area (Å²) in [4.78, 5) is 24.3. The SMILES string of the molecule is O=C(Nc1cccc(NC(=O)c2cc(Cl)ccc2Cl)c1)c1ccco1. The normalized spacial score (nSPS) is 10.3. The van der Waals surface area contributed by atoms with Crippen LogP contribution in [0.4, 0.5) is 11.4 Å². The second kappa shape index (κ2) is 7.42. The molecule has 2 N–H and O–H groups in total. The Hall–Kier alpha value is -2.76. The van der Waals surface area contributed by atoms with Gasteiger partial charge in [0.2, 0.25) is 0 Å². The highest BCUT2D eigenvalue weighted by atomic mass is 35.5. The van der Waals surface area contributed by atoms with E-state index >= 15 is 0 Å². The molecule has 1 aromatic heterocycles. The number of carbonyl (C=O) groups is 2. The first-order valence-electron chi connectivity index (χ1n) is 7.24. The van der Waals surface area contributed by atoms with Crippen LogP contribution in [0, 0.1) is 0 Å². The fraction of sp³-hybridized carbons (Fsp3) is 0. The minimum absolute atomic E-state index is 0.195. The van der Waals surface area contributed by atoms with Gasteiger partial charge in [0.1, 0.15) is 0 Å². The lowest BCUT2D eigenvalue weighted by molar-refractivity contribution is 0.0995. The van der Waals surface area contributed by atoms with Gasteiger partial charge in [0.25, 0.3) is 11.8 Å². The van der Waals surface area contributed by atoms with Gasteiger partial charge in [0.05, 0.1) is 16.8 Å². The van der Waals surface area contributed by atoms with Crippen molar-refractivity contribution < 1.29 is 14.0 Å². The number of rotatable bonds is 4. The monoisotopic (exact) mass is 374 g/mol. The summed E-state index contributed by atoms with van der Waals surface area (Å²) in [5.41, 5.74) is 1.27. The van der Waals surface area contributed by atoms with Crippen LogP contribution in [0.15, 0.2) is 65.3 Å². The molecule has 25 heavy (non-hydrogen) atoms. The molecule has 0 unspecified atom stereocenters. The van der Waals surface area contributed by atoms with Gasteiger partial charge in [0.15, 0.2) is 5.76 Å². The van der Waals surface area contributed by atoms with Gasteiger partial charge in [-0.3, -0.25) is 9.59 Å². The summed E-state index contributed by atoms with van der Waals surface area (Å²) in [7, 11) is 0. The van der Waals surface area contributed by atoms with Crippen molar-refractivity contribution in [2.45, 2.75) is 0 Å². The van der Waals surface area contributed by atoms with E-state index in [0.29, 0.717) is 21.4 Å². The van der Waals surface area contributed by atoms with Crippen LogP contribution in [0.2, 0.25) is 10.0 Å². The Morgan fingerprint density at radius 1 is 0.840 bits per heavy atom. The first-order chi connectivity index (χ1) is 12.0. The quantitative estimate of drug-likeness (QED) is 0.667. The maximum Gasteiger partial charge on any atom is 0.291 e. The molecule has 0 fully saturated rings. The molecule has 3 rings (SSSR count). The molecule has 5 nitrogen and oxygen atoms in total. The van der Waals surface area contributed by atoms with Crippen molar-refractivity contribution in [3.05, 3.63) is 82.2 Å². The second-order valence-electron chi connectivity index (χ2n) is 5.09. The maximum atomic E-state index is 12.4. The fourth-order valence-corrected chi connectivity index (χ4v) is 2.52. The van der Waals surface area contributed by atoms with Crippen LogP contribution in [0.1, 0.15) is 20.9 Å². The minimum Gasteiger partial charge on any atom is -0.459 e. The highest BCUT2D eigenvalue weighted by Crippen LogP contribution is 2.23. The molecule has 0 saturated carbocycles. The molecule has 2 aromatic carbocycles. The molecule has 0 aliphatic rings. The summed E-state index contributed by atoms with van der Waals surface area (Å²) < 4.78 is 5.04. The van der Waals surface area contributed by atoms with E-state index in [-0.39, 0.29) is 17.2 Å². The molecule has 0 spiro atoms. The standard InChI is InChI=1S/C18H12Cl2N2O3/c19-11-6-7-15(20)14(9-11)17(23)21-12-3-1-4-13(10-12)22-18(24)16-5-2-8-25-16/h1-10H,(H,21,23)(H,22,24). The van der Waals surface area contributed by atoms with E-state index in [1.807, 2.05) is 0 Å². The average molecular weight is 375 g/mol. The maximum absolute atomic E-state index is 12.4. The summed E-state index contributed by atoms with van der Waals surface area (Å²) >= 11 is 11.9. The van der Waals surface area contributed by atoms with Gasteiger partial charge in [-0.05, 0) is 48.5 Å². The molecule has 0 bridgehead atoms. The predicted octanol–water partition coefficient (Wildman–Crippen LogP) is 5.09. The third kappa shape index (κ3) is 4.21. The Morgan fingerprint density at radius 2 is 1.56 bits per heavy atom. The smallest absolute Gasteiger partial charge is 0.291 e. The largest absolute Gasteiger partial charge is 0.459 e. The molecule has 7 heteroatoms. The van der Waals surface area contributed by atoms with Crippen molar-refractivity contribution >= 4 is 46.4 Å². The Balaban J connectivity index is 1.74. The highest BCUT2D eigenvalue weighted by Gasteiger charge is 2.13. The van der Waals surface area contributed by atoms with Crippen LogP contribution in [0.5, 0.6) is 0 Å². The Bertz CT molecular complexity index is 924. The number of anilines is 2. The second-order valence-corrected chi connectivity index (χ2v) is 5.93. The number of furan rings is 1. The highest BCUT2D eigenvalue weighted by molar-refractivity contribution is 6.36. The molecule has 3 aromatic rings. The molecule has 0 aliphatic heterocycles. The molecular weight excluding hydrogens is 363 g/mol. The molecule has 0 atom stereocenters. The molecule has 0 saturated heterocycles. The molecular formula is C18H12Cl2N2O3. The van der Waals surface area contributed by atoms with Gasteiger partial charge in [0, 0.05) is 16.4 Å². The number of hydrogen-bond acceptors (Lipinski definition) is 3. The zero-order valence-electron chi connectivity index (χ0n) is 12.8. The third-order valence-corrected chi connectivity index (χ3v) is 3.86. The van der Waals surface area contributed by atoms with E-state index < -0.39 is 5.91 Å². The van der Waals surface area contributed by atoms with E-state index in [0.717, 1.165) is 0 Å². The van der Waals surface area contributed by atoms with Gasteiger partial charge < -0.3 is 15.1 Å². The lowest BCUT2D eigenvalue weighted by atomic mass is 10.2. The van der Waals surface area contributed by atoms with E-state index in [2.05, 4.69) is 10.6 Å². The summed E-state index contributed by atoms with van der Waals surface area (Å²) in [5, 5.41) is 6.11. The number of hydrogen-bond donors (Lipinski definition) is 2. The zero-order chi connectivity index (χ0) is 17.8. The fourth-order valence-electron chi connectivity index (χ4n) is 2.15. The minimum atomic E-state index is -0.401. The summed E-state index contributed by atoms with van der Waals surface area (Å²) in [6, 6.07) is 14.5. The number of nitrogens with one attached hydrogen (secondary N) is 2. The van der Waals surface area contributed by atoms with Crippen molar-refractivity contribution in [2.24, 2.45) is 0 Å². The van der Waals surface area contributed by atoms with Gasteiger partial charge >= 0.3 is 0 Å². The zero-order valence-corrected chi connectivity index (χ0v) is 14.3. The first kappa shape index (κ1) is 17.1. The van der Waals surface area contributed by atoms with Crippen LogP contribution in [0.25, 0.3) is 0 Å². The summed E-state index contributed by atoms with van der Waals surface area (Å²) in [5.74, 6) is -0.589. The topological polar surface area (TPSA) is 71.3 Å². The van der Waals surface area contributed by atoms with Crippen LogP contribution < -0.4 is 10.6 Å². The average Bonchev–Trinajstić information content (AvgIpc) is 3.12. The molecule has 1 heterocycles. The van der Waals surface area contributed by atoms with Gasteiger partial charge in [-0.1, -0.05) is 29.3 Å². The third-order valence-electron chi connectivity index (χ3n) is 3.30. The van der Waals surface area contributed by atoms with Crippen molar-refractivity contribution in [1.82, 2.24) is 0 Å². The Kier molecular flexibility index (Phi) is 5.07. The molecule has 0 aliphatic carbocycles. The van der Waals surface area contributed by atoms with Crippen LogP contribution >= 0.6 is 23.2 Å². The summed E-state index contributed by atoms with van der Waals surface area (Å²) in [6.07, 6.45) is 1.42. The van der Waals surface area contributed by atoms with Crippen LogP contribution in [-0.2, 0) is 0 Å². The number of carbonyl (C=O) groups excluding carboxylic acids is 2. The van der Waals surface area contributed by atoms with E-state index in [9.17, 15) is 9.59 Å². The van der Waals surface area contributed by atoms with Crippen molar-refractivity contribution in [3.63, 3.8) is 0 Å². The predicted molar refractivity (Wildman–Crippen MR) is 97.5 cm³/mol. The van der Waals surface area contributed by atoms with E-state index in [1.54, 1.807) is 48.5 Å². The van der Waals surface area contributed by atoms with E-state index in [4.69, 9.17) is 27.6 Å². The lowest BCUT2D eigenvalue weighted by Crippen LogP contribution is -2.14. The first-order valence-corrected chi connectivity index (χ1v) is 8.00. The van der Waals surface area contributed by atoms with Crippen LogP contribution in [-0.4, -0.2) is 11.8 Å². The lowest BCUT2D eigenvalue weighted by Gasteiger charge is -2.09. The van der Waals surface area contributed by atoms with Gasteiger partial charge in [-0.25, -0.2) is 0 Å². The Morgan fingerprint density at radius 3 is 2.24 bits per heavy atom. The number of amides is 2. The van der Waals surface area contributed by atoms with Crippen LogP contribution in [0.3, 0.4) is 0 Å². The van der Waals surface area contributed by atoms with Crippen molar-refractivity contribution in [1.29, 1.82) is 0 Å². The molecule has 0 radical (unpaired) electrons. The van der Waals surface area contributed by atoms with Crippen molar-refractivity contribution in [2.75, 3.05) is 10.6 Å². The van der Waals surface area contributed by atoms with Gasteiger partial charge in [-0.2, -0.15) is 0 Å². The molecule has 126 valence electrons. The van der Waals surface area contributed by atoms with E-state index in [1.165, 1.54) is 12.3 Å². The number of benzene rings is 2. The molecule has 2 amide bonds.